The molecule has 3 N–H and O–H groups in total. The van der Waals surface area contributed by atoms with E-state index < -0.39 is 6.10 Å². The molecule has 9 heteroatoms. The van der Waals surface area contributed by atoms with E-state index in [1.165, 1.54) is 0 Å². The predicted octanol–water partition coefficient (Wildman–Crippen LogP) is 1.85. The van der Waals surface area contributed by atoms with Crippen molar-refractivity contribution in [2.45, 2.75) is 50.1 Å². The van der Waals surface area contributed by atoms with E-state index in [-0.39, 0.29) is 19.4 Å². The van der Waals surface area contributed by atoms with E-state index in [1.54, 1.807) is 0 Å². The van der Waals surface area contributed by atoms with Crippen LogP contribution in [0.4, 0.5) is 5.82 Å². The van der Waals surface area contributed by atoms with Crippen molar-refractivity contribution in [1.82, 2.24) is 19.7 Å². The van der Waals surface area contributed by atoms with Crippen molar-refractivity contribution in [3.63, 3.8) is 0 Å². The van der Waals surface area contributed by atoms with Crippen LogP contribution in [0.5, 0.6) is 5.75 Å². The Morgan fingerprint density at radius 1 is 1.19 bits per heavy atom. The zero-order valence-electron chi connectivity index (χ0n) is 17.2. The van der Waals surface area contributed by atoms with Gasteiger partial charge in [0.2, 0.25) is 0 Å². The zero-order chi connectivity index (χ0) is 20.9. The van der Waals surface area contributed by atoms with Crippen LogP contribution in [0, 0.1) is 0 Å². The van der Waals surface area contributed by atoms with E-state index in [9.17, 15) is 5.11 Å². The predicted molar refractivity (Wildman–Crippen MR) is 115 cm³/mol. The number of nitrogens with two attached hydrogens (primary N) is 1. The first-order valence-corrected chi connectivity index (χ1v) is 11.0. The molecule has 2 saturated heterocycles. The fourth-order valence-electron chi connectivity index (χ4n) is 4.52. The maximum Gasteiger partial charge on any atom is 0.164 e. The number of aliphatic hydroxyl groups excluding tert-OH is 1. The molecule has 1 aromatic carbocycles. The molecule has 0 spiro atoms. The number of aliphatic hydroxyl groups is 1. The van der Waals surface area contributed by atoms with Gasteiger partial charge in [-0.1, -0.05) is 12.1 Å². The molecule has 6 rings (SSSR count). The molecule has 4 heterocycles. The van der Waals surface area contributed by atoms with Crippen LogP contribution in [0.1, 0.15) is 31.7 Å². The molecule has 3 fully saturated rings. The first kappa shape index (κ1) is 19.0. The van der Waals surface area contributed by atoms with Crippen LogP contribution in [0.2, 0.25) is 0 Å². The van der Waals surface area contributed by atoms with E-state index in [0.717, 1.165) is 54.7 Å². The second kappa shape index (κ2) is 7.44. The van der Waals surface area contributed by atoms with E-state index in [1.807, 2.05) is 35.1 Å². The first-order valence-electron chi connectivity index (χ1n) is 11.0. The Balaban J connectivity index is 1.43. The van der Waals surface area contributed by atoms with Gasteiger partial charge in [0, 0.05) is 12.1 Å². The summed E-state index contributed by atoms with van der Waals surface area (Å²) in [5.41, 5.74) is 7.21. The van der Waals surface area contributed by atoms with E-state index in [4.69, 9.17) is 25.2 Å². The minimum absolute atomic E-state index is 0.0765. The lowest BCUT2D eigenvalue weighted by Gasteiger charge is -2.22. The smallest absolute Gasteiger partial charge is 0.164 e. The summed E-state index contributed by atoms with van der Waals surface area (Å²) in [7, 11) is 0. The van der Waals surface area contributed by atoms with E-state index in [0.29, 0.717) is 23.7 Å². The Hall–Kier alpha value is -2.75. The van der Waals surface area contributed by atoms with E-state index in [2.05, 4.69) is 10.00 Å². The molecule has 3 aromatic rings. The Morgan fingerprint density at radius 2 is 2.06 bits per heavy atom. The summed E-state index contributed by atoms with van der Waals surface area (Å²) in [5.74, 6) is 2.19. The molecule has 31 heavy (non-hydrogen) atoms. The molecule has 9 nitrogen and oxygen atoms in total. The monoisotopic (exact) mass is 422 g/mol. The van der Waals surface area contributed by atoms with E-state index >= 15 is 0 Å². The molecule has 3 aliphatic rings. The quantitative estimate of drug-likeness (QED) is 0.593. The van der Waals surface area contributed by atoms with Crippen LogP contribution in [0.3, 0.4) is 0 Å². The molecule has 0 radical (unpaired) electrons. The molecular formula is C22H26N6O3. The Kier molecular flexibility index (Phi) is 4.55. The van der Waals surface area contributed by atoms with Crippen molar-refractivity contribution < 1.29 is 14.6 Å². The lowest BCUT2D eigenvalue weighted by molar-refractivity contribution is 0.0858. The second-order valence-corrected chi connectivity index (χ2v) is 8.58. The topological polar surface area (TPSA) is 112 Å². The Labute approximate surface area is 179 Å². The average Bonchev–Trinajstić information content (AvgIpc) is 3.27. The van der Waals surface area contributed by atoms with Crippen LogP contribution < -0.4 is 15.4 Å². The van der Waals surface area contributed by atoms with Gasteiger partial charge in [-0.2, -0.15) is 5.10 Å². The standard InChI is InChI=1S/C22H26N6O3/c23-9-16(29)12-30-17-3-1-2-13(8-17)20-25-21(27-15-6-7-19(27)31-11-15)18-10-24-28(14-4-5-14)22(18)26-20/h1-3,8,10,14-16,19,29H,4-7,9,11-12,23H2. The lowest BCUT2D eigenvalue weighted by Crippen LogP contribution is -2.30. The highest BCUT2D eigenvalue weighted by Gasteiger charge is 2.42. The van der Waals surface area contributed by atoms with Gasteiger partial charge in [0.25, 0.3) is 0 Å². The van der Waals surface area contributed by atoms with Crippen molar-refractivity contribution in [2.75, 3.05) is 24.7 Å². The van der Waals surface area contributed by atoms with Gasteiger partial charge in [0.15, 0.2) is 11.5 Å². The summed E-state index contributed by atoms with van der Waals surface area (Å²) in [6.45, 7) is 1.05. The molecule has 1 saturated carbocycles. The number of ether oxygens (including phenoxy) is 2. The molecule has 3 unspecified atom stereocenters. The average molecular weight is 422 g/mol. The first-order chi connectivity index (χ1) is 15.2. The van der Waals surface area contributed by atoms with Gasteiger partial charge in [0.1, 0.15) is 30.5 Å². The van der Waals surface area contributed by atoms with Gasteiger partial charge in [-0.25, -0.2) is 14.6 Å². The fourth-order valence-corrected chi connectivity index (χ4v) is 4.52. The molecular weight excluding hydrogens is 396 g/mol. The lowest BCUT2D eigenvalue weighted by atomic mass is 10.2. The summed E-state index contributed by atoms with van der Waals surface area (Å²) < 4.78 is 13.7. The van der Waals surface area contributed by atoms with Gasteiger partial charge >= 0.3 is 0 Å². The number of anilines is 1. The molecule has 2 aliphatic heterocycles. The normalized spacial score (nSPS) is 23.6. The summed E-state index contributed by atoms with van der Waals surface area (Å²) in [4.78, 5) is 12.2. The van der Waals surface area contributed by atoms with Gasteiger partial charge in [-0.05, 0) is 37.8 Å². The number of nitrogens with zero attached hydrogens (tertiary/aromatic N) is 5. The van der Waals surface area contributed by atoms with Gasteiger partial charge in [-0.3, -0.25) is 0 Å². The Bertz CT molecular complexity index is 1090. The highest BCUT2D eigenvalue weighted by atomic mass is 16.5. The maximum atomic E-state index is 9.70. The van der Waals surface area contributed by atoms with Gasteiger partial charge < -0.3 is 25.2 Å². The van der Waals surface area contributed by atoms with Crippen molar-refractivity contribution in [3.8, 4) is 17.1 Å². The van der Waals surface area contributed by atoms with Gasteiger partial charge in [0.05, 0.1) is 30.3 Å². The minimum Gasteiger partial charge on any atom is -0.491 e. The van der Waals surface area contributed by atoms with Crippen LogP contribution >= 0.6 is 0 Å². The number of fused-ring (bicyclic) bond motifs is 3. The zero-order valence-corrected chi connectivity index (χ0v) is 17.2. The number of aromatic nitrogens is 4. The van der Waals surface area contributed by atoms with Crippen LogP contribution in [-0.4, -0.2) is 63.0 Å². The number of hydrogen-bond acceptors (Lipinski definition) is 8. The summed E-state index contributed by atoms with van der Waals surface area (Å²) in [5, 5.41) is 15.3. The third-order valence-electron chi connectivity index (χ3n) is 6.31. The fraction of sp³-hybridized carbons (Fsp3) is 0.500. The SMILES string of the molecule is NCC(O)COc1cccc(-c2nc(N3C4CCC3OC4)c3cnn(C4CC4)c3n2)c1. The summed E-state index contributed by atoms with van der Waals surface area (Å²) in [6, 6.07) is 8.42. The minimum atomic E-state index is -0.693. The Morgan fingerprint density at radius 3 is 2.77 bits per heavy atom. The van der Waals surface area contributed by atoms with Crippen molar-refractivity contribution in [3.05, 3.63) is 30.5 Å². The third-order valence-corrected chi connectivity index (χ3v) is 6.31. The number of hydrogen-bond donors (Lipinski definition) is 2. The molecule has 2 bridgehead atoms. The highest BCUT2D eigenvalue weighted by Crippen LogP contribution is 2.42. The van der Waals surface area contributed by atoms with Crippen molar-refractivity contribution in [1.29, 1.82) is 0 Å². The maximum absolute atomic E-state index is 9.70. The summed E-state index contributed by atoms with van der Waals surface area (Å²) in [6.07, 6.45) is 5.70. The molecule has 3 atom stereocenters. The third kappa shape index (κ3) is 3.33. The second-order valence-electron chi connectivity index (χ2n) is 8.58. The number of rotatable bonds is 7. The highest BCUT2D eigenvalue weighted by molar-refractivity contribution is 5.89. The largest absolute Gasteiger partial charge is 0.491 e. The molecule has 0 amide bonds. The molecule has 162 valence electrons. The number of benzene rings is 1. The summed E-state index contributed by atoms with van der Waals surface area (Å²) >= 11 is 0. The van der Waals surface area contributed by atoms with Crippen molar-refractivity contribution in [2.24, 2.45) is 5.73 Å². The van der Waals surface area contributed by atoms with Crippen molar-refractivity contribution >= 4 is 16.9 Å². The van der Waals surface area contributed by atoms with Crippen LogP contribution in [0.25, 0.3) is 22.4 Å². The molecule has 1 aliphatic carbocycles. The van der Waals surface area contributed by atoms with Crippen LogP contribution in [-0.2, 0) is 4.74 Å². The van der Waals surface area contributed by atoms with Crippen LogP contribution in [0.15, 0.2) is 30.5 Å². The van der Waals surface area contributed by atoms with Gasteiger partial charge in [-0.15, -0.1) is 0 Å². The molecule has 2 aromatic heterocycles.